The first-order valence-corrected chi connectivity index (χ1v) is 8.79. The molecular formula is C20H23NO5. The summed E-state index contributed by atoms with van der Waals surface area (Å²) in [5.74, 6) is 1.96. The molecule has 2 atom stereocenters. The lowest BCUT2D eigenvalue weighted by atomic mass is 9.79. The van der Waals surface area contributed by atoms with Crippen LogP contribution in [0.2, 0.25) is 0 Å². The van der Waals surface area contributed by atoms with Gasteiger partial charge in [0.15, 0.2) is 17.3 Å². The van der Waals surface area contributed by atoms with Crippen molar-refractivity contribution in [1.82, 2.24) is 4.90 Å². The lowest BCUT2D eigenvalue weighted by Crippen LogP contribution is -2.40. The maximum absolute atomic E-state index is 12.0. The quantitative estimate of drug-likeness (QED) is 0.835. The van der Waals surface area contributed by atoms with Crippen LogP contribution in [0.1, 0.15) is 19.3 Å². The van der Waals surface area contributed by atoms with Gasteiger partial charge in [0.1, 0.15) is 11.9 Å². The second-order valence-corrected chi connectivity index (χ2v) is 6.83. The summed E-state index contributed by atoms with van der Waals surface area (Å²) in [6.45, 7) is 0.687. The number of ether oxygens (including phenoxy) is 3. The highest BCUT2D eigenvalue weighted by atomic mass is 16.5. The Kier molecular flexibility index (Phi) is 4.15. The van der Waals surface area contributed by atoms with E-state index in [4.69, 9.17) is 14.2 Å². The Labute approximate surface area is 152 Å². The zero-order valence-corrected chi connectivity index (χ0v) is 15.2. The molecule has 0 aromatic heterocycles. The van der Waals surface area contributed by atoms with Crippen LogP contribution in [0.25, 0.3) is 0 Å². The lowest BCUT2D eigenvalue weighted by molar-refractivity contribution is -0.124. The molecule has 4 rings (SSSR count). The third-order valence-corrected chi connectivity index (χ3v) is 5.53. The Morgan fingerprint density at radius 1 is 1.12 bits per heavy atom. The molecule has 2 aliphatic heterocycles. The van der Waals surface area contributed by atoms with E-state index in [0.29, 0.717) is 30.9 Å². The molecule has 4 aliphatic rings. The molecular weight excluding hydrogens is 334 g/mol. The number of nitrogens with zero attached hydrogens (tertiary/aromatic N) is 1. The monoisotopic (exact) mass is 357 g/mol. The number of methoxy groups -OCH3 is 3. The topological polar surface area (TPSA) is 68.2 Å². The second kappa shape index (κ2) is 6.36. The molecule has 1 unspecified atom stereocenters. The fourth-order valence-corrected chi connectivity index (χ4v) is 4.28. The molecule has 0 radical (unpaired) electrons. The van der Waals surface area contributed by atoms with Crippen LogP contribution in [0.4, 0.5) is 0 Å². The number of aliphatic hydroxyl groups excluding tert-OH is 1. The van der Waals surface area contributed by atoms with Crippen molar-refractivity contribution >= 4 is 5.78 Å². The Bertz CT molecular complexity index is 814. The minimum atomic E-state index is -0.884. The van der Waals surface area contributed by atoms with Crippen molar-refractivity contribution < 1.29 is 24.1 Å². The summed E-state index contributed by atoms with van der Waals surface area (Å²) in [4.78, 5) is 14.2. The summed E-state index contributed by atoms with van der Waals surface area (Å²) >= 11 is 0. The molecule has 0 amide bonds. The van der Waals surface area contributed by atoms with E-state index in [1.54, 1.807) is 27.4 Å². The SMILES string of the molecule is COC1=C(OC)C(OC)=C2C(=CCN3C2=CC[C@H]2CC(O)C(=O)C=C23)C1. The Morgan fingerprint density at radius 3 is 2.58 bits per heavy atom. The molecule has 0 bridgehead atoms. The van der Waals surface area contributed by atoms with Gasteiger partial charge in [0, 0.05) is 41.9 Å². The van der Waals surface area contributed by atoms with E-state index in [1.807, 2.05) is 0 Å². The van der Waals surface area contributed by atoms with Gasteiger partial charge >= 0.3 is 0 Å². The summed E-state index contributed by atoms with van der Waals surface area (Å²) in [5, 5.41) is 9.89. The fourth-order valence-electron chi connectivity index (χ4n) is 4.28. The highest BCUT2D eigenvalue weighted by molar-refractivity contribution is 5.95. The smallest absolute Gasteiger partial charge is 0.199 e. The highest BCUT2D eigenvalue weighted by Gasteiger charge is 2.40. The van der Waals surface area contributed by atoms with Crippen LogP contribution < -0.4 is 0 Å². The minimum absolute atomic E-state index is 0.170. The van der Waals surface area contributed by atoms with Crippen LogP contribution >= 0.6 is 0 Å². The van der Waals surface area contributed by atoms with Crippen LogP contribution in [0.15, 0.2) is 58.0 Å². The number of aliphatic hydroxyl groups is 1. The van der Waals surface area contributed by atoms with Gasteiger partial charge in [0.05, 0.1) is 21.3 Å². The van der Waals surface area contributed by atoms with Gasteiger partial charge in [-0.25, -0.2) is 0 Å². The van der Waals surface area contributed by atoms with Crippen LogP contribution in [0.3, 0.4) is 0 Å². The second-order valence-electron chi connectivity index (χ2n) is 6.83. The normalized spacial score (nSPS) is 27.8. The van der Waals surface area contributed by atoms with E-state index in [-0.39, 0.29) is 11.7 Å². The van der Waals surface area contributed by atoms with E-state index >= 15 is 0 Å². The van der Waals surface area contributed by atoms with Crippen molar-refractivity contribution in [2.75, 3.05) is 27.9 Å². The van der Waals surface area contributed by atoms with Crippen LogP contribution in [-0.2, 0) is 19.0 Å². The summed E-state index contributed by atoms with van der Waals surface area (Å²) in [5.41, 5.74) is 4.16. The predicted octanol–water partition coefficient (Wildman–Crippen LogP) is 2.16. The fraction of sp³-hybridized carbons (Fsp3) is 0.450. The highest BCUT2D eigenvalue weighted by Crippen LogP contribution is 2.47. The number of hydrogen-bond acceptors (Lipinski definition) is 6. The largest absolute Gasteiger partial charge is 0.497 e. The molecule has 26 heavy (non-hydrogen) atoms. The molecule has 138 valence electrons. The molecule has 2 heterocycles. The Balaban J connectivity index is 1.84. The Morgan fingerprint density at radius 2 is 1.88 bits per heavy atom. The van der Waals surface area contributed by atoms with Crippen molar-refractivity contribution in [3.05, 3.63) is 58.0 Å². The number of carbonyl (C=O) groups is 1. The number of ketones is 1. The van der Waals surface area contributed by atoms with E-state index in [1.165, 1.54) is 0 Å². The van der Waals surface area contributed by atoms with Crippen LogP contribution in [-0.4, -0.2) is 49.8 Å². The molecule has 6 nitrogen and oxygen atoms in total. The van der Waals surface area contributed by atoms with Gasteiger partial charge in [0.25, 0.3) is 0 Å². The molecule has 0 saturated carbocycles. The van der Waals surface area contributed by atoms with Gasteiger partial charge in [-0.3, -0.25) is 4.79 Å². The van der Waals surface area contributed by atoms with Gasteiger partial charge in [-0.2, -0.15) is 0 Å². The zero-order chi connectivity index (χ0) is 18.4. The third-order valence-electron chi connectivity index (χ3n) is 5.53. The van der Waals surface area contributed by atoms with Crippen molar-refractivity contribution in [2.45, 2.75) is 25.4 Å². The maximum Gasteiger partial charge on any atom is 0.199 e. The van der Waals surface area contributed by atoms with E-state index in [9.17, 15) is 9.90 Å². The van der Waals surface area contributed by atoms with Crippen molar-refractivity contribution in [3.8, 4) is 0 Å². The third kappa shape index (κ3) is 2.40. The van der Waals surface area contributed by atoms with Gasteiger partial charge in [-0.05, 0) is 18.4 Å². The number of fused-ring (bicyclic) bond motifs is 5. The van der Waals surface area contributed by atoms with Crippen molar-refractivity contribution in [1.29, 1.82) is 0 Å². The first-order chi connectivity index (χ1) is 12.6. The van der Waals surface area contributed by atoms with Crippen LogP contribution in [0, 0.1) is 5.92 Å². The predicted molar refractivity (Wildman–Crippen MR) is 94.4 cm³/mol. The minimum Gasteiger partial charge on any atom is -0.497 e. The van der Waals surface area contributed by atoms with Crippen molar-refractivity contribution in [2.24, 2.45) is 5.92 Å². The van der Waals surface area contributed by atoms with Crippen LogP contribution in [0.5, 0.6) is 0 Å². The molecule has 1 N–H and O–H groups in total. The number of rotatable bonds is 3. The molecule has 0 saturated heterocycles. The average Bonchev–Trinajstić information content (AvgIpc) is 2.66. The van der Waals surface area contributed by atoms with E-state index in [0.717, 1.165) is 34.7 Å². The molecule has 0 fully saturated rings. The first-order valence-electron chi connectivity index (χ1n) is 8.79. The molecule has 0 spiro atoms. The van der Waals surface area contributed by atoms with Gasteiger partial charge < -0.3 is 24.2 Å². The van der Waals surface area contributed by atoms with E-state index < -0.39 is 6.10 Å². The van der Waals surface area contributed by atoms with Gasteiger partial charge in [0.2, 0.25) is 0 Å². The molecule has 2 aliphatic carbocycles. The molecule has 0 aromatic rings. The molecule has 0 aromatic carbocycles. The van der Waals surface area contributed by atoms with Crippen molar-refractivity contribution in [3.63, 3.8) is 0 Å². The average molecular weight is 357 g/mol. The first kappa shape index (κ1) is 17.0. The standard InChI is InChI=1S/C20H23NO5/c1-24-17-9-12-6-7-21-13(18(12)20(26-3)19(17)25-2)5-4-11-8-15(22)16(23)10-14(11)21/h5-6,10-11,15,22H,4,7-9H2,1-3H3/t11-,15?/m0/s1. The number of allylic oxidation sites excluding steroid dienone is 4. The maximum atomic E-state index is 12.0. The summed E-state index contributed by atoms with van der Waals surface area (Å²) in [7, 11) is 4.87. The lowest BCUT2D eigenvalue weighted by Gasteiger charge is -2.44. The Hall–Kier alpha value is -2.47. The zero-order valence-electron chi connectivity index (χ0n) is 15.2. The number of hydrogen-bond donors (Lipinski definition) is 1. The van der Waals surface area contributed by atoms with Gasteiger partial charge in [-0.1, -0.05) is 12.2 Å². The summed E-state index contributed by atoms with van der Waals surface area (Å²) in [6, 6.07) is 0. The summed E-state index contributed by atoms with van der Waals surface area (Å²) < 4.78 is 16.8. The molecule has 6 heteroatoms. The number of carbonyl (C=O) groups excluding carboxylic acids is 1. The van der Waals surface area contributed by atoms with E-state index in [2.05, 4.69) is 17.1 Å². The van der Waals surface area contributed by atoms with Gasteiger partial charge in [-0.15, -0.1) is 0 Å². The summed E-state index contributed by atoms with van der Waals surface area (Å²) in [6.07, 6.45) is 6.97.